The van der Waals surface area contributed by atoms with E-state index in [1.165, 1.54) is 16.8 Å². The molecule has 0 radical (unpaired) electrons. The second kappa shape index (κ2) is 6.62. The molecule has 0 saturated heterocycles. The second-order valence-corrected chi connectivity index (χ2v) is 5.56. The average Bonchev–Trinajstić information content (AvgIpc) is 2.99. The minimum absolute atomic E-state index is 0.0778. The van der Waals surface area contributed by atoms with Crippen molar-refractivity contribution in [2.45, 2.75) is 11.8 Å². The van der Waals surface area contributed by atoms with Crippen LogP contribution >= 0.6 is 11.8 Å². The first-order valence-electron chi connectivity index (χ1n) is 6.81. The molecule has 0 aliphatic carbocycles. The first-order valence-corrected chi connectivity index (χ1v) is 7.79. The lowest BCUT2D eigenvalue weighted by Crippen LogP contribution is -2.46. The number of thioether (sulfide) groups is 1. The lowest BCUT2D eigenvalue weighted by molar-refractivity contribution is -0.117. The van der Waals surface area contributed by atoms with E-state index in [0.717, 1.165) is 5.75 Å². The van der Waals surface area contributed by atoms with Gasteiger partial charge in [-0.2, -0.15) is 0 Å². The maximum atomic E-state index is 12.0. The van der Waals surface area contributed by atoms with E-state index < -0.39 is 0 Å². The van der Waals surface area contributed by atoms with Crippen LogP contribution in [0.15, 0.2) is 29.4 Å². The zero-order valence-electron chi connectivity index (χ0n) is 12.4. The third-order valence-corrected chi connectivity index (χ3v) is 4.10. The Kier molecular flexibility index (Phi) is 4.39. The molecule has 7 nitrogen and oxygen atoms in total. The number of carbonyl (C=O) groups excluding carboxylic acids is 1. The number of terminal acetylenes is 1. The van der Waals surface area contributed by atoms with Crippen LogP contribution in [0.3, 0.4) is 0 Å². The molecule has 2 heterocycles. The van der Waals surface area contributed by atoms with Gasteiger partial charge in [0.15, 0.2) is 5.82 Å². The van der Waals surface area contributed by atoms with Gasteiger partial charge in [-0.15, -0.1) is 16.6 Å². The summed E-state index contributed by atoms with van der Waals surface area (Å²) in [4.78, 5) is 12.0. The highest BCUT2D eigenvalue weighted by Gasteiger charge is 2.28. The monoisotopic (exact) mass is 330 g/mol. The zero-order chi connectivity index (χ0) is 16.2. The standard InChI is InChI=1S/C15H14N4O3S/c1-3-8-18-14(20)10-23-15-17-16-13(19(15)18)9-22-12-6-4-11(21-2)5-7-12/h1,4-7H,8-10H2,2H3. The molecule has 1 amide bonds. The van der Waals surface area contributed by atoms with Crippen molar-refractivity contribution in [2.75, 3.05) is 24.4 Å². The number of aromatic nitrogens is 3. The van der Waals surface area contributed by atoms with Crippen LogP contribution in [0.5, 0.6) is 11.5 Å². The van der Waals surface area contributed by atoms with Gasteiger partial charge in [0.25, 0.3) is 5.91 Å². The molecule has 1 aliphatic heterocycles. The van der Waals surface area contributed by atoms with E-state index in [4.69, 9.17) is 15.9 Å². The van der Waals surface area contributed by atoms with Crippen molar-refractivity contribution in [3.05, 3.63) is 30.1 Å². The summed E-state index contributed by atoms with van der Waals surface area (Å²) in [5, 5.41) is 10.3. The van der Waals surface area contributed by atoms with Crippen LogP contribution in [0.2, 0.25) is 0 Å². The fraction of sp³-hybridized carbons (Fsp3) is 0.267. The quantitative estimate of drug-likeness (QED) is 0.764. The van der Waals surface area contributed by atoms with E-state index in [0.29, 0.717) is 22.5 Å². The molecule has 118 valence electrons. The smallest absolute Gasteiger partial charge is 0.252 e. The first-order chi connectivity index (χ1) is 11.2. The highest BCUT2D eigenvalue weighted by Crippen LogP contribution is 2.24. The molecule has 0 bridgehead atoms. The van der Waals surface area contributed by atoms with Gasteiger partial charge in [0.05, 0.1) is 12.9 Å². The Hall–Kier alpha value is -2.66. The minimum atomic E-state index is -0.0778. The molecule has 0 saturated carbocycles. The maximum Gasteiger partial charge on any atom is 0.252 e. The summed E-state index contributed by atoms with van der Waals surface area (Å²) in [6.07, 6.45) is 5.34. The fourth-order valence-electron chi connectivity index (χ4n) is 2.10. The highest BCUT2D eigenvalue weighted by molar-refractivity contribution is 7.99. The Balaban J connectivity index is 1.77. The van der Waals surface area contributed by atoms with Crippen molar-refractivity contribution < 1.29 is 14.3 Å². The number of hydrogen-bond acceptors (Lipinski definition) is 6. The first kappa shape index (κ1) is 15.2. The van der Waals surface area contributed by atoms with Crippen molar-refractivity contribution in [1.82, 2.24) is 14.9 Å². The van der Waals surface area contributed by atoms with E-state index in [2.05, 4.69) is 16.1 Å². The SMILES string of the molecule is C#CCN1C(=O)CSc2nnc(COc3ccc(OC)cc3)n21. The summed E-state index contributed by atoms with van der Waals surface area (Å²) < 4.78 is 12.4. The molecular weight excluding hydrogens is 316 g/mol. The number of methoxy groups -OCH3 is 1. The van der Waals surface area contributed by atoms with Crippen LogP contribution in [0.1, 0.15) is 5.82 Å². The summed E-state index contributed by atoms with van der Waals surface area (Å²) in [7, 11) is 1.60. The number of amides is 1. The molecule has 0 unspecified atom stereocenters. The molecule has 0 spiro atoms. The molecule has 0 atom stereocenters. The molecule has 8 heteroatoms. The minimum Gasteiger partial charge on any atom is -0.497 e. The highest BCUT2D eigenvalue weighted by atomic mass is 32.2. The van der Waals surface area contributed by atoms with Crippen LogP contribution in [0.4, 0.5) is 0 Å². The molecule has 0 N–H and O–H groups in total. The van der Waals surface area contributed by atoms with E-state index in [1.54, 1.807) is 36.1 Å². The number of carbonyl (C=O) groups is 1. The lowest BCUT2D eigenvalue weighted by Gasteiger charge is -2.27. The van der Waals surface area contributed by atoms with Crippen LogP contribution in [-0.2, 0) is 11.4 Å². The van der Waals surface area contributed by atoms with Crippen molar-refractivity contribution in [2.24, 2.45) is 0 Å². The molecule has 1 aliphatic rings. The van der Waals surface area contributed by atoms with Gasteiger partial charge in [-0.1, -0.05) is 17.7 Å². The Morgan fingerprint density at radius 3 is 2.74 bits per heavy atom. The van der Waals surface area contributed by atoms with Gasteiger partial charge in [0.2, 0.25) is 5.16 Å². The van der Waals surface area contributed by atoms with Gasteiger partial charge in [-0.3, -0.25) is 4.79 Å². The summed E-state index contributed by atoms with van der Waals surface area (Å²) in [6.45, 7) is 0.341. The van der Waals surface area contributed by atoms with Crippen LogP contribution in [-0.4, -0.2) is 40.2 Å². The van der Waals surface area contributed by atoms with Crippen LogP contribution < -0.4 is 14.5 Å². The molecule has 1 aromatic heterocycles. The number of benzene rings is 1. The Morgan fingerprint density at radius 1 is 1.30 bits per heavy atom. The normalized spacial score (nSPS) is 13.4. The molecule has 0 fully saturated rings. The molecule has 2 aromatic rings. The number of fused-ring (bicyclic) bond motifs is 1. The topological polar surface area (TPSA) is 69.5 Å². The summed E-state index contributed by atoms with van der Waals surface area (Å²) in [5.74, 6) is 4.64. The zero-order valence-corrected chi connectivity index (χ0v) is 13.2. The van der Waals surface area contributed by atoms with Crippen molar-refractivity contribution in [3.63, 3.8) is 0 Å². The van der Waals surface area contributed by atoms with E-state index >= 15 is 0 Å². The largest absolute Gasteiger partial charge is 0.497 e. The number of nitrogens with zero attached hydrogens (tertiary/aromatic N) is 4. The Labute approximate surface area is 137 Å². The molecule has 23 heavy (non-hydrogen) atoms. The number of ether oxygens (including phenoxy) is 2. The molecule has 1 aromatic carbocycles. The van der Waals surface area contributed by atoms with E-state index in [9.17, 15) is 4.79 Å². The lowest BCUT2D eigenvalue weighted by atomic mass is 10.3. The maximum absolute atomic E-state index is 12.0. The summed E-state index contributed by atoms with van der Waals surface area (Å²) in [5.41, 5.74) is 0. The fourth-order valence-corrected chi connectivity index (χ4v) is 2.92. The number of rotatable bonds is 5. The summed E-state index contributed by atoms with van der Waals surface area (Å²) >= 11 is 1.33. The average molecular weight is 330 g/mol. The third-order valence-electron chi connectivity index (χ3n) is 3.20. The number of hydrogen-bond donors (Lipinski definition) is 0. The summed E-state index contributed by atoms with van der Waals surface area (Å²) in [6, 6.07) is 7.20. The Morgan fingerprint density at radius 2 is 2.04 bits per heavy atom. The van der Waals surface area contributed by atoms with Crippen LogP contribution in [0.25, 0.3) is 0 Å². The predicted octanol–water partition coefficient (Wildman–Crippen LogP) is 1.07. The van der Waals surface area contributed by atoms with Gasteiger partial charge in [0.1, 0.15) is 24.7 Å². The third kappa shape index (κ3) is 3.10. The van der Waals surface area contributed by atoms with Gasteiger partial charge in [-0.25, -0.2) is 9.69 Å². The molecular formula is C15H14N4O3S. The van der Waals surface area contributed by atoms with Crippen molar-refractivity contribution in [1.29, 1.82) is 0 Å². The van der Waals surface area contributed by atoms with E-state index in [-0.39, 0.29) is 19.1 Å². The van der Waals surface area contributed by atoms with Gasteiger partial charge >= 0.3 is 0 Å². The molecule has 3 rings (SSSR count). The van der Waals surface area contributed by atoms with Gasteiger partial charge in [-0.05, 0) is 24.3 Å². The van der Waals surface area contributed by atoms with E-state index in [1.807, 2.05) is 0 Å². The van der Waals surface area contributed by atoms with Crippen LogP contribution in [0, 0.1) is 12.3 Å². The van der Waals surface area contributed by atoms with Gasteiger partial charge in [0, 0.05) is 0 Å². The predicted molar refractivity (Wildman–Crippen MR) is 85.0 cm³/mol. The van der Waals surface area contributed by atoms with Crippen molar-refractivity contribution >= 4 is 17.7 Å². The van der Waals surface area contributed by atoms with Gasteiger partial charge < -0.3 is 9.47 Å². The Bertz CT molecular complexity index is 751. The second-order valence-electron chi connectivity index (χ2n) is 4.62. The van der Waals surface area contributed by atoms with Crippen molar-refractivity contribution in [3.8, 4) is 23.8 Å².